The number of nitrogens with zero attached hydrogens (tertiary/aromatic N) is 1. The molecule has 0 atom stereocenters. The van der Waals surface area contributed by atoms with Gasteiger partial charge in [-0.25, -0.2) is 4.79 Å². The molecule has 0 radical (unpaired) electrons. The molecule has 8 heteroatoms. The number of rotatable bonds is 3. The molecule has 0 amide bonds. The van der Waals surface area contributed by atoms with Gasteiger partial charge in [-0.3, -0.25) is 0 Å². The van der Waals surface area contributed by atoms with Crippen LogP contribution in [-0.4, -0.2) is 19.4 Å². The fourth-order valence-electron chi connectivity index (χ4n) is 1.36. The summed E-state index contributed by atoms with van der Waals surface area (Å²) >= 11 is 5.52. The summed E-state index contributed by atoms with van der Waals surface area (Å²) in [5.41, 5.74) is -0.603. The summed E-state index contributed by atoms with van der Waals surface area (Å²) in [6.45, 7) is 0. The van der Waals surface area contributed by atoms with Crippen LogP contribution in [0.1, 0.15) is 21.5 Å². The van der Waals surface area contributed by atoms with Gasteiger partial charge in [0.2, 0.25) is 0 Å². The molecule has 0 spiro atoms. The summed E-state index contributed by atoms with van der Waals surface area (Å²) in [5, 5.41) is 8.73. The van der Waals surface area contributed by atoms with Gasteiger partial charge in [-0.05, 0) is 12.1 Å². The van der Waals surface area contributed by atoms with Crippen molar-refractivity contribution in [3.63, 3.8) is 0 Å². The second-order valence-corrected chi connectivity index (χ2v) is 3.55. The first-order valence-corrected chi connectivity index (χ1v) is 5.33. The number of esters is 1. The van der Waals surface area contributed by atoms with Crippen LogP contribution in [0, 0.1) is 11.3 Å². The van der Waals surface area contributed by atoms with E-state index in [1.54, 1.807) is 6.07 Å². The van der Waals surface area contributed by atoms with Crippen LogP contribution < -0.4 is 4.74 Å². The van der Waals surface area contributed by atoms with E-state index < -0.39 is 24.0 Å². The van der Waals surface area contributed by atoms with Crippen molar-refractivity contribution in [2.75, 3.05) is 7.11 Å². The van der Waals surface area contributed by atoms with E-state index in [4.69, 9.17) is 16.9 Å². The van der Waals surface area contributed by atoms with Crippen LogP contribution in [0.2, 0.25) is 0 Å². The Kier molecular flexibility index (Phi) is 4.62. The highest BCUT2D eigenvalue weighted by Gasteiger charge is 2.33. The summed E-state index contributed by atoms with van der Waals surface area (Å²) in [5.74, 6) is -2.00. The molecule has 19 heavy (non-hydrogen) atoms. The molecule has 0 bridgehead atoms. The van der Waals surface area contributed by atoms with Crippen molar-refractivity contribution in [3.8, 4) is 11.8 Å². The van der Waals surface area contributed by atoms with Gasteiger partial charge in [0.25, 0.3) is 0 Å². The van der Waals surface area contributed by atoms with E-state index in [0.29, 0.717) is 0 Å². The zero-order chi connectivity index (χ0) is 14.6. The lowest BCUT2D eigenvalue weighted by atomic mass is 10.0. The SMILES string of the molecule is COC(=O)c1cc(C#N)cc(OC(F)(F)F)c1CCl. The Balaban J connectivity index is 3.44. The van der Waals surface area contributed by atoms with Gasteiger partial charge in [-0.15, -0.1) is 24.8 Å². The average molecular weight is 294 g/mol. The average Bonchev–Trinajstić information content (AvgIpc) is 2.34. The standard InChI is InChI=1S/C11H7ClF3NO3/c1-18-10(17)7-2-6(5-16)3-9(8(7)4-12)19-11(13,14)15/h2-3H,4H2,1H3. The van der Waals surface area contributed by atoms with E-state index in [-0.39, 0.29) is 16.7 Å². The van der Waals surface area contributed by atoms with Crippen molar-refractivity contribution in [1.29, 1.82) is 5.26 Å². The van der Waals surface area contributed by atoms with E-state index in [9.17, 15) is 18.0 Å². The highest BCUT2D eigenvalue weighted by atomic mass is 35.5. The number of hydrogen-bond donors (Lipinski definition) is 0. The zero-order valence-electron chi connectivity index (χ0n) is 9.55. The maximum Gasteiger partial charge on any atom is 0.573 e. The van der Waals surface area contributed by atoms with Crippen molar-refractivity contribution >= 4 is 17.6 Å². The van der Waals surface area contributed by atoms with Gasteiger partial charge >= 0.3 is 12.3 Å². The van der Waals surface area contributed by atoms with E-state index >= 15 is 0 Å². The topological polar surface area (TPSA) is 59.3 Å². The quantitative estimate of drug-likeness (QED) is 0.635. The fourth-order valence-corrected chi connectivity index (χ4v) is 1.63. The summed E-state index contributed by atoms with van der Waals surface area (Å²) in [6.07, 6.45) is -4.96. The molecule has 0 aliphatic heterocycles. The Morgan fingerprint density at radius 2 is 2.11 bits per heavy atom. The van der Waals surface area contributed by atoms with Gasteiger partial charge in [-0.2, -0.15) is 5.26 Å². The van der Waals surface area contributed by atoms with E-state index in [1.807, 2.05) is 0 Å². The number of benzene rings is 1. The molecule has 0 aliphatic rings. The molecule has 0 saturated carbocycles. The monoisotopic (exact) mass is 293 g/mol. The Bertz CT molecular complexity index is 537. The van der Waals surface area contributed by atoms with Crippen LogP contribution >= 0.6 is 11.6 Å². The van der Waals surface area contributed by atoms with E-state index in [0.717, 1.165) is 19.2 Å². The van der Waals surface area contributed by atoms with Crippen LogP contribution in [0.5, 0.6) is 5.75 Å². The molecule has 1 aromatic rings. The first kappa shape index (κ1) is 15.1. The van der Waals surface area contributed by atoms with Gasteiger partial charge in [-0.1, -0.05) is 0 Å². The van der Waals surface area contributed by atoms with Crippen molar-refractivity contribution in [1.82, 2.24) is 0 Å². The largest absolute Gasteiger partial charge is 0.573 e. The highest BCUT2D eigenvalue weighted by molar-refractivity contribution is 6.18. The highest BCUT2D eigenvalue weighted by Crippen LogP contribution is 2.31. The molecular weight excluding hydrogens is 287 g/mol. The van der Waals surface area contributed by atoms with Crippen molar-refractivity contribution in [2.45, 2.75) is 12.2 Å². The van der Waals surface area contributed by atoms with E-state index in [2.05, 4.69) is 9.47 Å². The number of halogens is 4. The lowest BCUT2D eigenvalue weighted by Crippen LogP contribution is -2.19. The number of carbonyl (C=O) groups is 1. The molecule has 0 aromatic heterocycles. The minimum Gasteiger partial charge on any atom is -0.465 e. The Morgan fingerprint density at radius 1 is 1.47 bits per heavy atom. The first-order valence-electron chi connectivity index (χ1n) is 4.79. The smallest absolute Gasteiger partial charge is 0.465 e. The normalized spacial score (nSPS) is 10.7. The number of methoxy groups -OCH3 is 1. The summed E-state index contributed by atoms with van der Waals surface area (Å²) in [6, 6.07) is 3.57. The molecule has 0 saturated heterocycles. The Hall–Kier alpha value is -1.94. The van der Waals surface area contributed by atoms with Crippen LogP contribution in [0.15, 0.2) is 12.1 Å². The number of nitriles is 1. The van der Waals surface area contributed by atoms with Crippen molar-refractivity contribution in [3.05, 3.63) is 28.8 Å². The van der Waals surface area contributed by atoms with E-state index in [1.165, 1.54) is 0 Å². The third-order valence-electron chi connectivity index (χ3n) is 2.10. The lowest BCUT2D eigenvalue weighted by Gasteiger charge is -2.14. The maximum atomic E-state index is 12.2. The zero-order valence-corrected chi connectivity index (χ0v) is 10.3. The first-order chi connectivity index (χ1) is 8.82. The number of carbonyl (C=O) groups excluding carboxylic acids is 1. The second kappa shape index (κ2) is 5.80. The van der Waals surface area contributed by atoms with Gasteiger partial charge in [0.1, 0.15) is 5.75 Å². The molecule has 0 aliphatic carbocycles. The lowest BCUT2D eigenvalue weighted by molar-refractivity contribution is -0.274. The van der Waals surface area contributed by atoms with Gasteiger partial charge in [0.15, 0.2) is 0 Å². The maximum absolute atomic E-state index is 12.2. The molecule has 0 N–H and O–H groups in total. The summed E-state index contributed by atoms with van der Waals surface area (Å²) < 4.78 is 44.9. The van der Waals surface area contributed by atoms with Crippen LogP contribution in [0.25, 0.3) is 0 Å². The van der Waals surface area contributed by atoms with Gasteiger partial charge in [0.05, 0.1) is 30.2 Å². The Labute approximate surface area is 111 Å². The molecule has 0 heterocycles. The molecule has 4 nitrogen and oxygen atoms in total. The predicted molar refractivity (Wildman–Crippen MR) is 58.7 cm³/mol. The summed E-state index contributed by atoms with van der Waals surface area (Å²) in [4.78, 5) is 11.5. The minimum absolute atomic E-state index is 0.173. The van der Waals surface area contributed by atoms with Crippen LogP contribution in [0.3, 0.4) is 0 Å². The summed E-state index contributed by atoms with van der Waals surface area (Å²) in [7, 11) is 1.06. The molecule has 1 rings (SSSR count). The number of hydrogen-bond acceptors (Lipinski definition) is 4. The Morgan fingerprint density at radius 3 is 2.53 bits per heavy atom. The third-order valence-corrected chi connectivity index (χ3v) is 2.37. The predicted octanol–water partition coefficient (Wildman–Crippen LogP) is 2.98. The van der Waals surface area contributed by atoms with Crippen LogP contribution in [-0.2, 0) is 10.6 Å². The van der Waals surface area contributed by atoms with Gasteiger partial charge < -0.3 is 9.47 Å². The molecule has 102 valence electrons. The molecule has 1 aromatic carbocycles. The molecule has 0 unspecified atom stereocenters. The van der Waals surface area contributed by atoms with Crippen molar-refractivity contribution in [2.24, 2.45) is 0 Å². The fraction of sp³-hybridized carbons (Fsp3) is 0.273. The van der Waals surface area contributed by atoms with Crippen LogP contribution in [0.4, 0.5) is 13.2 Å². The minimum atomic E-state index is -4.96. The molecular formula is C11H7ClF3NO3. The third kappa shape index (κ3) is 3.76. The number of alkyl halides is 4. The van der Waals surface area contributed by atoms with Crippen molar-refractivity contribution < 1.29 is 27.4 Å². The number of ether oxygens (including phenoxy) is 2. The van der Waals surface area contributed by atoms with Gasteiger partial charge in [0, 0.05) is 5.56 Å². The second-order valence-electron chi connectivity index (χ2n) is 3.29. The molecule has 0 fully saturated rings.